The zero-order valence-corrected chi connectivity index (χ0v) is 13.8. The molecule has 1 aromatic carbocycles. The normalized spacial score (nSPS) is 13.7. The van der Waals surface area contributed by atoms with Crippen LogP contribution in [0, 0.1) is 5.82 Å². The van der Waals surface area contributed by atoms with Gasteiger partial charge in [0.25, 0.3) is 0 Å². The molecular formula is C15H17ClFNO3S. The van der Waals surface area contributed by atoms with Crippen LogP contribution in [0.5, 0.6) is 0 Å². The Labute approximate surface area is 137 Å². The van der Waals surface area contributed by atoms with Crippen LogP contribution in [0.25, 0.3) is 0 Å². The Kier molecular flexibility index (Phi) is 6.08. The van der Waals surface area contributed by atoms with Gasteiger partial charge in [-0.25, -0.2) is 4.39 Å². The van der Waals surface area contributed by atoms with Crippen LogP contribution >= 0.6 is 23.4 Å². The number of carbonyl (C=O) groups is 2. The van der Waals surface area contributed by atoms with E-state index in [4.69, 9.17) is 11.6 Å². The van der Waals surface area contributed by atoms with Crippen molar-refractivity contribution in [3.8, 4) is 0 Å². The molecule has 1 heterocycles. The molecule has 0 N–H and O–H groups in total. The number of amides is 1. The molecule has 0 unspecified atom stereocenters. The van der Waals surface area contributed by atoms with E-state index in [2.05, 4.69) is 4.74 Å². The van der Waals surface area contributed by atoms with Gasteiger partial charge in [0.2, 0.25) is 5.91 Å². The van der Waals surface area contributed by atoms with Gasteiger partial charge >= 0.3 is 5.97 Å². The Morgan fingerprint density at radius 1 is 1.45 bits per heavy atom. The largest absolute Gasteiger partial charge is 0.468 e. The summed E-state index contributed by atoms with van der Waals surface area (Å²) in [6, 6.07) is 2.81. The molecular weight excluding hydrogens is 329 g/mol. The van der Waals surface area contributed by atoms with Gasteiger partial charge in [-0.05, 0) is 30.5 Å². The number of hydrogen-bond acceptors (Lipinski definition) is 4. The summed E-state index contributed by atoms with van der Waals surface area (Å²) in [4.78, 5) is 24.8. The van der Waals surface area contributed by atoms with E-state index in [1.54, 1.807) is 0 Å². The van der Waals surface area contributed by atoms with E-state index < -0.39 is 5.82 Å². The first-order chi connectivity index (χ1) is 10.5. The van der Waals surface area contributed by atoms with Gasteiger partial charge in [0, 0.05) is 23.7 Å². The summed E-state index contributed by atoms with van der Waals surface area (Å²) in [5.74, 6) is -0.199. The van der Waals surface area contributed by atoms with Crippen LogP contribution in [0.3, 0.4) is 0 Å². The highest BCUT2D eigenvalue weighted by Crippen LogP contribution is 2.35. The molecule has 0 spiro atoms. The second-order valence-electron chi connectivity index (χ2n) is 4.88. The number of nitrogens with zero attached hydrogens (tertiary/aromatic N) is 1. The number of thioether (sulfide) groups is 1. The van der Waals surface area contributed by atoms with Crippen molar-refractivity contribution >= 4 is 40.9 Å². The molecule has 1 aromatic rings. The quantitative estimate of drug-likeness (QED) is 0.608. The number of halogens is 2. The van der Waals surface area contributed by atoms with Crippen molar-refractivity contribution in [3.63, 3.8) is 0 Å². The van der Waals surface area contributed by atoms with Gasteiger partial charge in [-0.2, -0.15) is 0 Å². The Morgan fingerprint density at radius 2 is 2.23 bits per heavy atom. The molecule has 0 aromatic heterocycles. The van der Waals surface area contributed by atoms with Crippen molar-refractivity contribution in [3.05, 3.63) is 28.5 Å². The number of anilines is 1. The number of hydrogen-bond donors (Lipinski definition) is 0. The van der Waals surface area contributed by atoms with E-state index in [-0.39, 0.29) is 24.1 Å². The van der Waals surface area contributed by atoms with Crippen LogP contribution in [0.15, 0.2) is 12.1 Å². The third-order valence-corrected chi connectivity index (χ3v) is 4.75. The first-order valence-corrected chi connectivity index (χ1v) is 8.49. The van der Waals surface area contributed by atoms with Crippen LogP contribution in [0.4, 0.5) is 10.1 Å². The molecule has 0 saturated carbocycles. The second-order valence-corrected chi connectivity index (χ2v) is 6.40. The standard InChI is InChI=1S/C15H17ClFNO3S/c1-21-14(20)9-22-8-6-13(19)18-7-2-3-10-11(16)4-5-12(17)15(10)18/h4-5H,2-3,6-9H2,1H3. The number of ether oxygens (including phenoxy) is 1. The second kappa shape index (κ2) is 7.83. The SMILES string of the molecule is COC(=O)CSCCC(=O)N1CCCc2c(Cl)ccc(F)c21. The number of fused-ring (bicyclic) bond motifs is 1. The van der Waals surface area contributed by atoms with Gasteiger partial charge in [0.05, 0.1) is 18.6 Å². The average Bonchev–Trinajstić information content (AvgIpc) is 2.54. The molecule has 1 aliphatic rings. The minimum atomic E-state index is -0.422. The van der Waals surface area contributed by atoms with Crippen molar-refractivity contribution in [1.29, 1.82) is 0 Å². The molecule has 0 radical (unpaired) electrons. The van der Waals surface area contributed by atoms with Crippen molar-refractivity contribution in [2.45, 2.75) is 19.3 Å². The monoisotopic (exact) mass is 345 g/mol. The van der Waals surface area contributed by atoms with E-state index in [0.717, 1.165) is 6.42 Å². The van der Waals surface area contributed by atoms with E-state index in [1.807, 2.05) is 0 Å². The molecule has 1 amide bonds. The summed E-state index contributed by atoms with van der Waals surface area (Å²) in [6.07, 6.45) is 1.68. The molecule has 0 atom stereocenters. The van der Waals surface area contributed by atoms with Crippen molar-refractivity contribution in [1.82, 2.24) is 0 Å². The van der Waals surface area contributed by atoms with E-state index in [1.165, 1.54) is 35.9 Å². The maximum absolute atomic E-state index is 14.1. The maximum Gasteiger partial charge on any atom is 0.315 e. The molecule has 7 heteroatoms. The van der Waals surface area contributed by atoms with Crippen molar-refractivity contribution in [2.75, 3.05) is 30.1 Å². The van der Waals surface area contributed by atoms with Gasteiger partial charge in [0.15, 0.2) is 0 Å². The molecule has 120 valence electrons. The van der Waals surface area contributed by atoms with Gasteiger partial charge in [-0.15, -0.1) is 11.8 Å². The predicted octanol–water partition coefficient (Wildman–Crippen LogP) is 3.05. The minimum absolute atomic E-state index is 0.153. The van der Waals surface area contributed by atoms with E-state index >= 15 is 0 Å². The number of esters is 1. The van der Waals surface area contributed by atoms with Crippen molar-refractivity contribution < 1.29 is 18.7 Å². The van der Waals surface area contributed by atoms with Crippen molar-refractivity contribution in [2.24, 2.45) is 0 Å². The third kappa shape index (κ3) is 3.93. The van der Waals surface area contributed by atoms with Gasteiger partial charge in [0.1, 0.15) is 5.82 Å². The lowest BCUT2D eigenvalue weighted by Gasteiger charge is -2.30. The maximum atomic E-state index is 14.1. The zero-order valence-electron chi connectivity index (χ0n) is 12.2. The fourth-order valence-electron chi connectivity index (χ4n) is 2.40. The molecule has 1 aliphatic heterocycles. The topological polar surface area (TPSA) is 46.6 Å². The lowest BCUT2D eigenvalue weighted by molar-refractivity contribution is -0.137. The van der Waals surface area contributed by atoms with Crippen LogP contribution < -0.4 is 4.90 Å². The van der Waals surface area contributed by atoms with Crippen LogP contribution in [-0.2, 0) is 20.7 Å². The number of carbonyl (C=O) groups excluding carboxylic acids is 2. The fourth-order valence-corrected chi connectivity index (χ4v) is 3.39. The number of rotatable bonds is 5. The Hall–Kier alpha value is -1.27. The molecule has 0 bridgehead atoms. The summed E-state index contributed by atoms with van der Waals surface area (Å²) in [5, 5.41) is 0.494. The lowest BCUT2D eigenvalue weighted by atomic mass is 10.0. The Morgan fingerprint density at radius 3 is 2.95 bits per heavy atom. The average molecular weight is 346 g/mol. The molecule has 22 heavy (non-hydrogen) atoms. The summed E-state index contributed by atoms with van der Waals surface area (Å²) < 4.78 is 18.6. The highest BCUT2D eigenvalue weighted by Gasteiger charge is 2.27. The van der Waals surface area contributed by atoms with Crippen LogP contribution in [0.1, 0.15) is 18.4 Å². The molecule has 0 aliphatic carbocycles. The van der Waals surface area contributed by atoms with Crippen LogP contribution in [0.2, 0.25) is 5.02 Å². The minimum Gasteiger partial charge on any atom is -0.468 e. The van der Waals surface area contributed by atoms with Crippen LogP contribution in [-0.4, -0.2) is 37.0 Å². The van der Waals surface area contributed by atoms with E-state index in [9.17, 15) is 14.0 Å². The number of benzene rings is 1. The van der Waals surface area contributed by atoms with Gasteiger partial charge in [-0.1, -0.05) is 11.6 Å². The van der Waals surface area contributed by atoms with Gasteiger partial charge in [-0.3, -0.25) is 9.59 Å². The first-order valence-electron chi connectivity index (χ1n) is 6.96. The highest BCUT2D eigenvalue weighted by atomic mass is 35.5. The first kappa shape index (κ1) is 17.1. The summed E-state index contributed by atoms with van der Waals surface area (Å²) in [5.41, 5.74) is 1.00. The smallest absolute Gasteiger partial charge is 0.315 e. The zero-order chi connectivity index (χ0) is 16.1. The van der Waals surface area contributed by atoms with E-state index in [0.29, 0.717) is 35.0 Å². The van der Waals surface area contributed by atoms with Gasteiger partial charge < -0.3 is 9.64 Å². The fraction of sp³-hybridized carbons (Fsp3) is 0.467. The predicted molar refractivity (Wildman–Crippen MR) is 86.0 cm³/mol. The third-order valence-electron chi connectivity index (χ3n) is 3.46. The molecule has 0 saturated heterocycles. The Balaban J connectivity index is 2.01. The summed E-state index contributed by atoms with van der Waals surface area (Å²) >= 11 is 7.43. The molecule has 4 nitrogen and oxygen atoms in total. The molecule has 0 fully saturated rings. The lowest BCUT2D eigenvalue weighted by Crippen LogP contribution is -2.36. The highest BCUT2D eigenvalue weighted by molar-refractivity contribution is 7.99. The summed E-state index contributed by atoms with van der Waals surface area (Å²) in [6.45, 7) is 0.491. The summed E-state index contributed by atoms with van der Waals surface area (Å²) in [7, 11) is 1.32. The number of methoxy groups -OCH3 is 1. The molecule has 2 rings (SSSR count). The Bertz CT molecular complexity index is 582.